The fraction of sp³-hybridized carbons (Fsp3) is 0.368. The van der Waals surface area contributed by atoms with Crippen LogP contribution in [0.15, 0.2) is 53.7 Å². The summed E-state index contributed by atoms with van der Waals surface area (Å²) >= 11 is 0. The van der Waals surface area contributed by atoms with Crippen LogP contribution in [-0.2, 0) is 10.0 Å². The molecule has 0 aliphatic carbocycles. The molecular formula is C19H22N4O4S. The lowest BCUT2D eigenvalue weighted by atomic mass is 10.2. The number of hydrogen-bond donors (Lipinski definition) is 1. The Hall–Kier alpha value is -2.51. The van der Waals surface area contributed by atoms with Gasteiger partial charge < -0.3 is 9.84 Å². The fourth-order valence-electron chi connectivity index (χ4n) is 2.97. The number of ether oxygens (including phenoxy) is 1. The highest BCUT2D eigenvalue weighted by Gasteiger charge is 2.29. The monoisotopic (exact) mass is 402 g/mol. The molecule has 2 heterocycles. The topological polar surface area (TPSA) is 107 Å². The van der Waals surface area contributed by atoms with E-state index in [1.165, 1.54) is 16.7 Å². The summed E-state index contributed by atoms with van der Waals surface area (Å²) in [5.74, 6) is 0.588. The van der Waals surface area contributed by atoms with Crippen LogP contribution in [0.1, 0.15) is 5.56 Å². The van der Waals surface area contributed by atoms with Crippen molar-refractivity contribution >= 4 is 10.0 Å². The third-order valence-electron chi connectivity index (χ3n) is 4.50. The molecule has 8 nitrogen and oxygen atoms in total. The Bertz CT molecular complexity index is 905. The summed E-state index contributed by atoms with van der Waals surface area (Å²) in [6, 6.07) is 11.9. The highest BCUT2D eigenvalue weighted by Crippen LogP contribution is 2.17. The zero-order chi connectivity index (χ0) is 20.0. The summed E-state index contributed by atoms with van der Waals surface area (Å²) in [5.41, 5.74) is 0.548. The average Bonchev–Trinajstić information content (AvgIpc) is 2.73. The van der Waals surface area contributed by atoms with Gasteiger partial charge in [0.2, 0.25) is 10.0 Å². The molecule has 1 N–H and O–H groups in total. The van der Waals surface area contributed by atoms with Crippen LogP contribution in [0.5, 0.6) is 5.75 Å². The first-order chi connectivity index (χ1) is 13.5. The molecule has 1 fully saturated rings. The number of piperazine rings is 1. The van der Waals surface area contributed by atoms with E-state index < -0.39 is 16.1 Å². The third-order valence-corrected chi connectivity index (χ3v) is 6.38. The van der Waals surface area contributed by atoms with Crippen molar-refractivity contribution < 1.29 is 18.3 Å². The molecule has 28 heavy (non-hydrogen) atoms. The second-order valence-electron chi connectivity index (χ2n) is 6.49. The lowest BCUT2D eigenvalue weighted by Crippen LogP contribution is -2.50. The van der Waals surface area contributed by atoms with Crippen molar-refractivity contribution in [1.82, 2.24) is 14.2 Å². The molecule has 1 aliphatic heterocycles. The Morgan fingerprint density at radius 3 is 2.50 bits per heavy atom. The van der Waals surface area contributed by atoms with E-state index in [0.29, 0.717) is 44.0 Å². The fourth-order valence-corrected chi connectivity index (χ4v) is 4.36. The summed E-state index contributed by atoms with van der Waals surface area (Å²) in [7, 11) is -3.53. The lowest BCUT2D eigenvalue weighted by Gasteiger charge is -2.34. The minimum atomic E-state index is -3.53. The van der Waals surface area contributed by atoms with Crippen molar-refractivity contribution in [1.29, 1.82) is 5.26 Å². The zero-order valence-corrected chi connectivity index (χ0v) is 16.1. The van der Waals surface area contributed by atoms with Crippen molar-refractivity contribution in [3.05, 3.63) is 54.4 Å². The number of hydrogen-bond acceptors (Lipinski definition) is 7. The molecule has 0 amide bonds. The first-order valence-electron chi connectivity index (χ1n) is 8.92. The maximum absolute atomic E-state index is 12.6. The van der Waals surface area contributed by atoms with E-state index in [4.69, 9.17) is 10.00 Å². The van der Waals surface area contributed by atoms with Gasteiger partial charge in [-0.15, -0.1) is 0 Å². The maximum Gasteiger partial charge on any atom is 0.244 e. The molecule has 9 heteroatoms. The molecule has 1 aromatic heterocycles. The Kier molecular flexibility index (Phi) is 6.59. The van der Waals surface area contributed by atoms with Crippen molar-refractivity contribution in [2.45, 2.75) is 11.0 Å². The van der Waals surface area contributed by atoms with Gasteiger partial charge in [0.05, 0.1) is 11.6 Å². The highest BCUT2D eigenvalue weighted by atomic mass is 32.2. The van der Waals surface area contributed by atoms with Gasteiger partial charge in [0.1, 0.15) is 23.4 Å². The molecule has 3 rings (SSSR count). The van der Waals surface area contributed by atoms with Gasteiger partial charge in [0.15, 0.2) is 0 Å². The van der Waals surface area contributed by atoms with Gasteiger partial charge in [-0.3, -0.25) is 9.88 Å². The molecule has 1 unspecified atom stereocenters. The molecule has 0 spiro atoms. The van der Waals surface area contributed by atoms with Gasteiger partial charge in [0, 0.05) is 45.1 Å². The minimum Gasteiger partial charge on any atom is -0.491 e. The first-order valence-corrected chi connectivity index (χ1v) is 10.4. The summed E-state index contributed by atoms with van der Waals surface area (Å²) in [6.45, 7) is 2.32. The normalized spacial score (nSPS) is 17.0. The molecule has 0 radical (unpaired) electrons. The van der Waals surface area contributed by atoms with Crippen molar-refractivity contribution in [3.8, 4) is 11.8 Å². The standard InChI is InChI=1S/C19H22N4O4S/c20-12-16-3-5-18(6-4-16)27-15-17(24)14-22-8-10-23(11-9-22)28(25,26)19-2-1-7-21-13-19/h1-7,13,17,24H,8-11,14-15H2. The van der Waals surface area contributed by atoms with Crippen LogP contribution < -0.4 is 4.74 Å². The van der Waals surface area contributed by atoms with Gasteiger partial charge >= 0.3 is 0 Å². The van der Waals surface area contributed by atoms with Gasteiger partial charge in [-0.1, -0.05) is 0 Å². The number of aromatic nitrogens is 1. The van der Waals surface area contributed by atoms with Crippen LogP contribution in [0, 0.1) is 11.3 Å². The molecular weight excluding hydrogens is 380 g/mol. The lowest BCUT2D eigenvalue weighted by molar-refractivity contribution is 0.0569. The van der Waals surface area contributed by atoms with Crippen molar-refractivity contribution in [2.24, 2.45) is 0 Å². The number of aliphatic hydroxyl groups excluding tert-OH is 1. The maximum atomic E-state index is 12.6. The predicted molar refractivity (Wildman–Crippen MR) is 102 cm³/mol. The second-order valence-corrected chi connectivity index (χ2v) is 8.43. The molecule has 0 bridgehead atoms. The number of nitriles is 1. The number of pyridine rings is 1. The van der Waals surface area contributed by atoms with Crippen LogP contribution in [0.3, 0.4) is 0 Å². The van der Waals surface area contributed by atoms with Crippen LogP contribution in [0.4, 0.5) is 0 Å². The number of benzene rings is 1. The second kappa shape index (κ2) is 9.12. The number of β-amino-alcohol motifs (C(OH)–C–C–N with tert-alkyl or cyclic N) is 1. The largest absolute Gasteiger partial charge is 0.491 e. The van der Waals surface area contributed by atoms with E-state index in [1.807, 2.05) is 11.0 Å². The van der Waals surface area contributed by atoms with Gasteiger partial charge in [-0.25, -0.2) is 8.42 Å². The molecule has 148 valence electrons. The van der Waals surface area contributed by atoms with E-state index in [-0.39, 0.29) is 11.5 Å². The molecule has 2 aromatic rings. The predicted octanol–water partition coefficient (Wildman–Crippen LogP) is 0.699. The van der Waals surface area contributed by atoms with Crippen LogP contribution in [-0.4, -0.2) is 73.1 Å². The minimum absolute atomic E-state index is 0.125. The number of sulfonamides is 1. The van der Waals surface area contributed by atoms with Crippen LogP contribution >= 0.6 is 0 Å². The molecule has 1 saturated heterocycles. The van der Waals surface area contributed by atoms with Gasteiger partial charge in [0.25, 0.3) is 0 Å². The Morgan fingerprint density at radius 2 is 1.89 bits per heavy atom. The smallest absolute Gasteiger partial charge is 0.244 e. The molecule has 1 aliphatic rings. The summed E-state index contributed by atoms with van der Waals surface area (Å²) in [4.78, 5) is 6.09. The van der Waals surface area contributed by atoms with E-state index in [1.54, 1.807) is 36.4 Å². The highest BCUT2D eigenvalue weighted by molar-refractivity contribution is 7.89. The van der Waals surface area contributed by atoms with E-state index >= 15 is 0 Å². The third kappa shape index (κ3) is 5.05. The summed E-state index contributed by atoms with van der Waals surface area (Å²) in [6.07, 6.45) is 2.20. The van der Waals surface area contributed by atoms with E-state index in [9.17, 15) is 13.5 Å². The summed E-state index contributed by atoms with van der Waals surface area (Å²) < 4.78 is 32.2. The molecule has 1 atom stereocenters. The van der Waals surface area contributed by atoms with Crippen LogP contribution in [0.25, 0.3) is 0 Å². The number of rotatable bonds is 7. The van der Waals surface area contributed by atoms with Gasteiger partial charge in [-0.2, -0.15) is 9.57 Å². The summed E-state index contributed by atoms with van der Waals surface area (Å²) in [5, 5.41) is 19.0. The molecule has 1 aromatic carbocycles. The molecule has 0 saturated carbocycles. The Balaban J connectivity index is 1.45. The SMILES string of the molecule is N#Cc1ccc(OCC(O)CN2CCN(S(=O)(=O)c3cccnc3)CC2)cc1. The van der Waals surface area contributed by atoms with E-state index in [2.05, 4.69) is 4.98 Å². The van der Waals surface area contributed by atoms with Crippen LogP contribution in [0.2, 0.25) is 0 Å². The Labute approximate surface area is 164 Å². The average molecular weight is 402 g/mol. The van der Waals surface area contributed by atoms with Crippen molar-refractivity contribution in [2.75, 3.05) is 39.3 Å². The number of nitrogens with zero attached hydrogens (tertiary/aromatic N) is 4. The van der Waals surface area contributed by atoms with Gasteiger partial charge in [-0.05, 0) is 36.4 Å². The number of aliphatic hydroxyl groups is 1. The van der Waals surface area contributed by atoms with E-state index in [0.717, 1.165) is 0 Å². The Morgan fingerprint density at radius 1 is 1.18 bits per heavy atom. The van der Waals surface area contributed by atoms with Crippen molar-refractivity contribution in [3.63, 3.8) is 0 Å². The zero-order valence-electron chi connectivity index (χ0n) is 15.3. The quantitative estimate of drug-likeness (QED) is 0.726. The first kappa shape index (κ1) is 20.2.